The number of nitrogen functional groups attached to an aromatic ring is 1. The van der Waals surface area contributed by atoms with Crippen molar-refractivity contribution in [2.24, 2.45) is 0 Å². The Bertz CT molecular complexity index is 1160. The molecule has 3 rings (SSSR count). The molecule has 0 saturated carbocycles. The van der Waals surface area contributed by atoms with Crippen molar-refractivity contribution in [3.05, 3.63) is 95.4 Å². The zero-order chi connectivity index (χ0) is 23.6. The van der Waals surface area contributed by atoms with Crippen LogP contribution in [-0.2, 0) is 17.9 Å². The number of allylic oxidation sites excluding steroid dienone is 3. The third-order valence-electron chi connectivity index (χ3n) is 4.94. The average molecular weight is 445 g/mol. The molecular weight excluding hydrogens is 416 g/mol. The second-order valence-corrected chi connectivity index (χ2v) is 7.41. The molecule has 0 atom stereocenters. The van der Waals surface area contributed by atoms with Crippen molar-refractivity contribution in [3.8, 4) is 5.75 Å². The molecule has 3 aromatic heterocycles. The molecule has 3 aromatic rings. The molecule has 3 heterocycles. The van der Waals surface area contributed by atoms with Crippen LogP contribution in [0.4, 0.5) is 5.82 Å². The number of hydrogen-bond acceptors (Lipinski definition) is 6. The molecule has 0 aliphatic carbocycles. The van der Waals surface area contributed by atoms with Crippen LogP contribution < -0.4 is 10.5 Å². The van der Waals surface area contributed by atoms with E-state index in [1.807, 2.05) is 56.4 Å². The summed E-state index contributed by atoms with van der Waals surface area (Å²) < 4.78 is 11.4. The van der Waals surface area contributed by atoms with E-state index in [0.717, 1.165) is 22.6 Å². The first kappa shape index (κ1) is 23.5. The molecule has 1 amide bonds. The maximum Gasteiger partial charge on any atom is 0.246 e. The summed E-state index contributed by atoms with van der Waals surface area (Å²) in [7, 11) is 1.73. The summed E-state index contributed by atoms with van der Waals surface area (Å²) in [4.78, 5) is 22.6. The van der Waals surface area contributed by atoms with E-state index in [4.69, 9.17) is 14.9 Å². The van der Waals surface area contributed by atoms with Gasteiger partial charge >= 0.3 is 0 Å². The van der Waals surface area contributed by atoms with E-state index < -0.39 is 0 Å². The molecule has 0 aromatic carbocycles. The molecule has 7 heteroatoms. The number of nitrogens with two attached hydrogens (primary N) is 1. The zero-order valence-electron chi connectivity index (χ0n) is 19.1. The van der Waals surface area contributed by atoms with Crippen molar-refractivity contribution in [1.29, 1.82) is 0 Å². The molecule has 0 aliphatic rings. The second kappa shape index (κ2) is 11.5. The smallest absolute Gasteiger partial charge is 0.246 e. The van der Waals surface area contributed by atoms with E-state index in [9.17, 15) is 4.79 Å². The van der Waals surface area contributed by atoms with Crippen molar-refractivity contribution in [1.82, 2.24) is 14.9 Å². The predicted octanol–water partition coefficient (Wildman–Crippen LogP) is 4.80. The van der Waals surface area contributed by atoms with Gasteiger partial charge in [-0.1, -0.05) is 30.4 Å². The molecule has 2 N–H and O–H groups in total. The number of rotatable bonds is 9. The lowest BCUT2D eigenvalue weighted by Crippen LogP contribution is -2.24. The van der Waals surface area contributed by atoms with Gasteiger partial charge in [-0.3, -0.25) is 9.78 Å². The Balaban J connectivity index is 1.61. The SMILES string of the molecule is C/C=C\C=C/c1coc(CN(C)C(=O)/C=C/c2cnc(N)c(OCc3ccccn3)c2)c1C. The average Bonchev–Trinajstić information content (AvgIpc) is 3.17. The van der Waals surface area contributed by atoms with Crippen LogP contribution in [0.3, 0.4) is 0 Å². The number of carbonyl (C=O) groups excluding carboxylic acids is 1. The molecule has 0 saturated heterocycles. The Hall–Kier alpha value is -4.13. The van der Waals surface area contributed by atoms with Gasteiger partial charge in [0.15, 0.2) is 11.6 Å². The highest BCUT2D eigenvalue weighted by Crippen LogP contribution is 2.22. The number of likely N-dealkylation sites (N-methyl/N-ethyl adjacent to an activating group) is 1. The number of ether oxygens (including phenoxy) is 1. The summed E-state index contributed by atoms with van der Waals surface area (Å²) in [6.45, 7) is 4.58. The minimum Gasteiger partial charge on any atom is -0.483 e. The lowest BCUT2D eigenvalue weighted by Gasteiger charge is -2.14. The number of hydrogen-bond donors (Lipinski definition) is 1. The Morgan fingerprint density at radius 1 is 1.24 bits per heavy atom. The van der Waals surface area contributed by atoms with E-state index in [1.165, 1.54) is 6.08 Å². The second-order valence-electron chi connectivity index (χ2n) is 7.41. The summed E-state index contributed by atoms with van der Waals surface area (Å²) in [6.07, 6.45) is 16.0. The number of carbonyl (C=O) groups is 1. The Morgan fingerprint density at radius 3 is 2.85 bits per heavy atom. The molecule has 33 heavy (non-hydrogen) atoms. The van der Waals surface area contributed by atoms with Crippen molar-refractivity contribution in [3.63, 3.8) is 0 Å². The van der Waals surface area contributed by atoms with E-state index in [0.29, 0.717) is 17.9 Å². The van der Waals surface area contributed by atoms with E-state index in [-0.39, 0.29) is 18.3 Å². The highest BCUT2D eigenvalue weighted by molar-refractivity contribution is 5.91. The monoisotopic (exact) mass is 444 g/mol. The molecule has 0 unspecified atom stereocenters. The van der Waals surface area contributed by atoms with Crippen LogP contribution in [0.2, 0.25) is 0 Å². The minimum atomic E-state index is -0.162. The zero-order valence-corrected chi connectivity index (χ0v) is 19.1. The fourth-order valence-electron chi connectivity index (χ4n) is 2.96. The van der Waals surface area contributed by atoms with Crippen LogP contribution in [-0.4, -0.2) is 27.8 Å². The van der Waals surface area contributed by atoms with Crippen molar-refractivity contribution in [2.75, 3.05) is 12.8 Å². The summed E-state index contributed by atoms with van der Waals surface area (Å²) in [5.41, 5.74) is 9.41. The first-order valence-electron chi connectivity index (χ1n) is 10.6. The van der Waals surface area contributed by atoms with Crippen LogP contribution >= 0.6 is 0 Å². The largest absolute Gasteiger partial charge is 0.483 e. The number of nitrogens with zero attached hydrogens (tertiary/aromatic N) is 3. The lowest BCUT2D eigenvalue weighted by atomic mass is 10.1. The Labute approximate surface area is 193 Å². The minimum absolute atomic E-state index is 0.162. The fourth-order valence-corrected chi connectivity index (χ4v) is 2.96. The van der Waals surface area contributed by atoms with Gasteiger partial charge in [-0.05, 0) is 49.2 Å². The number of furan rings is 1. The van der Waals surface area contributed by atoms with E-state index in [1.54, 1.807) is 42.7 Å². The standard InChI is InChI=1S/C26H28N4O3/c1-4-5-6-9-21-17-32-24(19(21)2)16-30(3)25(31)12-11-20-14-23(26(27)29-15-20)33-18-22-10-7-8-13-28-22/h4-15,17H,16,18H2,1-3H3,(H2,27,29)/b5-4-,9-6-,12-11+. The first-order valence-corrected chi connectivity index (χ1v) is 10.6. The van der Waals surface area contributed by atoms with E-state index >= 15 is 0 Å². The van der Waals surface area contributed by atoms with Gasteiger partial charge < -0.3 is 19.8 Å². The maximum absolute atomic E-state index is 12.6. The lowest BCUT2D eigenvalue weighted by molar-refractivity contribution is -0.125. The highest BCUT2D eigenvalue weighted by atomic mass is 16.5. The number of amides is 1. The third-order valence-corrected chi connectivity index (χ3v) is 4.94. The Morgan fingerprint density at radius 2 is 2.09 bits per heavy atom. The van der Waals surface area contributed by atoms with Gasteiger partial charge in [0, 0.05) is 31.1 Å². The van der Waals surface area contributed by atoms with Crippen LogP contribution in [0.25, 0.3) is 12.2 Å². The van der Waals surface area contributed by atoms with E-state index in [2.05, 4.69) is 9.97 Å². The topological polar surface area (TPSA) is 94.5 Å². The Kier molecular flexibility index (Phi) is 8.18. The van der Waals surface area contributed by atoms with Gasteiger partial charge in [0.25, 0.3) is 0 Å². The highest BCUT2D eigenvalue weighted by Gasteiger charge is 2.13. The molecule has 0 radical (unpaired) electrons. The van der Waals surface area contributed by atoms with Crippen LogP contribution in [0.15, 0.2) is 71.6 Å². The summed E-state index contributed by atoms with van der Waals surface area (Å²) >= 11 is 0. The first-order chi connectivity index (χ1) is 16.0. The van der Waals surface area contributed by atoms with Crippen LogP contribution in [0, 0.1) is 6.92 Å². The molecular formula is C26H28N4O3. The normalized spacial score (nSPS) is 11.6. The van der Waals surface area contributed by atoms with Gasteiger partial charge in [-0.2, -0.15) is 0 Å². The van der Waals surface area contributed by atoms with Gasteiger partial charge in [0.2, 0.25) is 5.91 Å². The third kappa shape index (κ3) is 6.67. The molecule has 0 bridgehead atoms. The maximum atomic E-state index is 12.6. The van der Waals surface area contributed by atoms with Gasteiger partial charge in [0.1, 0.15) is 12.4 Å². The molecule has 0 spiro atoms. The van der Waals surface area contributed by atoms with Crippen LogP contribution in [0.1, 0.15) is 35.1 Å². The van der Waals surface area contributed by atoms with Crippen LogP contribution in [0.5, 0.6) is 5.75 Å². The number of aromatic nitrogens is 2. The predicted molar refractivity (Wildman–Crippen MR) is 130 cm³/mol. The molecule has 0 fully saturated rings. The summed E-state index contributed by atoms with van der Waals surface area (Å²) in [5.74, 6) is 1.30. The van der Waals surface area contributed by atoms with Crippen molar-refractivity contribution < 1.29 is 13.9 Å². The van der Waals surface area contributed by atoms with Gasteiger partial charge in [-0.25, -0.2) is 4.98 Å². The van der Waals surface area contributed by atoms with Gasteiger partial charge in [-0.15, -0.1) is 0 Å². The summed E-state index contributed by atoms with van der Waals surface area (Å²) in [5, 5.41) is 0. The molecule has 0 aliphatic heterocycles. The van der Waals surface area contributed by atoms with Gasteiger partial charge in [0.05, 0.1) is 18.5 Å². The quantitative estimate of drug-likeness (QED) is 0.376. The number of anilines is 1. The fraction of sp³-hybridized carbons (Fsp3) is 0.192. The number of pyridine rings is 2. The molecule has 7 nitrogen and oxygen atoms in total. The van der Waals surface area contributed by atoms with Crippen molar-refractivity contribution >= 4 is 23.9 Å². The van der Waals surface area contributed by atoms with Crippen molar-refractivity contribution in [2.45, 2.75) is 27.0 Å². The summed E-state index contributed by atoms with van der Waals surface area (Å²) in [6, 6.07) is 7.34. The molecule has 170 valence electrons.